The van der Waals surface area contributed by atoms with Gasteiger partial charge in [0.1, 0.15) is 5.60 Å². The fourth-order valence-corrected chi connectivity index (χ4v) is 2.59. The average Bonchev–Trinajstić information content (AvgIpc) is 2.34. The molecule has 1 rings (SSSR count). The number of allylic oxidation sites excluding steroid dienone is 2. The molecule has 1 aliphatic carbocycles. The van der Waals surface area contributed by atoms with Crippen LogP contribution < -0.4 is 5.32 Å². The number of alkyl carbamates (subject to hydrolysis) is 1. The van der Waals surface area contributed by atoms with E-state index in [2.05, 4.69) is 24.4 Å². The summed E-state index contributed by atoms with van der Waals surface area (Å²) in [7, 11) is 0. The van der Waals surface area contributed by atoms with Gasteiger partial charge < -0.3 is 10.1 Å². The van der Waals surface area contributed by atoms with Gasteiger partial charge in [0.15, 0.2) is 0 Å². The van der Waals surface area contributed by atoms with Crippen molar-refractivity contribution in [2.24, 2.45) is 5.92 Å². The van der Waals surface area contributed by atoms with Gasteiger partial charge in [0.05, 0.1) is 0 Å². The number of hydrogen-bond donors (Lipinski definition) is 1. The first kappa shape index (κ1) is 17.1. The normalized spacial score (nSPS) is 23.8. The van der Waals surface area contributed by atoms with Gasteiger partial charge in [0.2, 0.25) is 0 Å². The summed E-state index contributed by atoms with van der Waals surface area (Å²) in [5, 5.41) is 2.99. The van der Waals surface area contributed by atoms with E-state index in [1.165, 1.54) is 32.1 Å². The van der Waals surface area contributed by atoms with Gasteiger partial charge in [-0.3, -0.25) is 0 Å². The van der Waals surface area contributed by atoms with Crippen molar-refractivity contribution in [2.45, 2.75) is 84.3 Å². The van der Waals surface area contributed by atoms with Crippen molar-refractivity contribution in [3.05, 3.63) is 12.2 Å². The Morgan fingerprint density at radius 1 is 1.20 bits per heavy atom. The predicted molar refractivity (Wildman–Crippen MR) is 83.8 cm³/mol. The summed E-state index contributed by atoms with van der Waals surface area (Å²) in [6, 6.07) is 0.292. The molecule has 0 saturated heterocycles. The predicted octanol–water partition coefficient (Wildman–Crippen LogP) is 4.82. The first-order chi connectivity index (χ1) is 9.40. The molecule has 0 spiro atoms. The highest BCUT2D eigenvalue weighted by Crippen LogP contribution is 2.27. The molecule has 3 heteroatoms. The molecule has 1 saturated carbocycles. The van der Waals surface area contributed by atoms with Gasteiger partial charge in [-0.15, -0.1) is 0 Å². The third kappa shape index (κ3) is 7.56. The Kier molecular flexibility index (Phi) is 7.11. The zero-order chi connectivity index (χ0) is 15.0. The number of amides is 1. The Morgan fingerprint density at radius 3 is 2.40 bits per heavy atom. The fourth-order valence-electron chi connectivity index (χ4n) is 2.59. The molecule has 1 amide bonds. The molecule has 0 heterocycles. The van der Waals surface area contributed by atoms with E-state index in [1.54, 1.807) is 0 Å². The highest BCUT2D eigenvalue weighted by molar-refractivity contribution is 5.68. The molecule has 0 radical (unpaired) electrons. The number of unbranched alkanes of at least 4 members (excludes halogenated alkanes) is 1. The monoisotopic (exact) mass is 281 g/mol. The number of carbonyl (C=O) groups is 1. The number of nitrogens with one attached hydrogen (secondary N) is 1. The summed E-state index contributed by atoms with van der Waals surface area (Å²) in [6.45, 7) is 7.89. The first-order valence-corrected chi connectivity index (χ1v) is 8.05. The number of carbonyl (C=O) groups excluding carboxylic acids is 1. The lowest BCUT2D eigenvalue weighted by Gasteiger charge is -2.29. The summed E-state index contributed by atoms with van der Waals surface area (Å²) in [5.74, 6) is 0.791. The van der Waals surface area contributed by atoms with Crippen LogP contribution in [0.15, 0.2) is 12.2 Å². The summed E-state index contributed by atoms with van der Waals surface area (Å²) in [6.07, 6.45) is 12.5. The van der Waals surface area contributed by atoms with Gasteiger partial charge in [-0.05, 0) is 65.2 Å². The molecular formula is C17H31NO2. The van der Waals surface area contributed by atoms with Crippen LogP contribution in [0.25, 0.3) is 0 Å². The summed E-state index contributed by atoms with van der Waals surface area (Å²) < 4.78 is 5.30. The van der Waals surface area contributed by atoms with Crippen LogP contribution in [-0.4, -0.2) is 17.7 Å². The molecule has 3 nitrogen and oxygen atoms in total. The van der Waals surface area contributed by atoms with Gasteiger partial charge >= 0.3 is 6.09 Å². The minimum absolute atomic E-state index is 0.274. The summed E-state index contributed by atoms with van der Waals surface area (Å²) in [4.78, 5) is 11.7. The highest BCUT2D eigenvalue weighted by atomic mass is 16.6. The standard InChI is InChI=1S/C17H31NO2/c1-5-6-7-8-9-14-10-12-15(13-11-14)18-16(19)20-17(2,3)4/h7-8,14-15H,5-6,9-13H2,1-4H3,(H,18,19)/b8-7+/t14-,15-. The Morgan fingerprint density at radius 2 is 1.85 bits per heavy atom. The fraction of sp³-hybridized carbons (Fsp3) is 0.824. The Hall–Kier alpha value is -0.990. The molecule has 0 aliphatic heterocycles. The molecule has 1 aliphatic rings. The van der Waals surface area contributed by atoms with Crippen molar-refractivity contribution >= 4 is 6.09 Å². The molecule has 20 heavy (non-hydrogen) atoms. The topological polar surface area (TPSA) is 38.3 Å². The SMILES string of the molecule is CCC/C=C/C[C@H]1CC[C@H](NC(=O)OC(C)(C)C)CC1. The number of rotatable bonds is 5. The zero-order valence-corrected chi connectivity index (χ0v) is 13.6. The van der Waals surface area contributed by atoms with Crippen LogP contribution in [0.4, 0.5) is 4.79 Å². The third-order valence-corrected chi connectivity index (χ3v) is 3.66. The molecule has 1 fully saturated rings. The zero-order valence-electron chi connectivity index (χ0n) is 13.6. The molecule has 1 N–H and O–H groups in total. The lowest BCUT2D eigenvalue weighted by atomic mass is 9.84. The van der Waals surface area contributed by atoms with E-state index in [0.717, 1.165) is 18.8 Å². The number of hydrogen-bond acceptors (Lipinski definition) is 2. The van der Waals surface area contributed by atoms with Crippen LogP contribution in [0.2, 0.25) is 0 Å². The molecule has 0 atom stereocenters. The molecule has 0 aromatic heterocycles. The smallest absolute Gasteiger partial charge is 0.407 e. The van der Waals surface area contributed by atoms with Crippen LogP contribution in [0.1, 0.15) is 72.6 Å². The van der Waals surface area contributed by atoms with E-state index in [9.17, 15) is 4.79 Å². The van der Waals surface area contributed by atoms with E-state index in [-0.39, 0.29) is 6.09 Å². The highest BCUT2D eigenvalue weighted by Gasteiger charge is 2.24. The van der Waals surface area contributed by atoms with Crippen molar-refractivity contribution in [1.82, 2.24) is 5.32 Å². The molecule has 0 aromatic rings. The van der Waals surface area contributed by atoms with E-state index < -0.39 is 5.60 Å². The van der Waals surface area contributed by atoms with E-state index in [4.69, 9.17) is 4.74 Å². The van der Waals surface area contributed by atoms with Crippen LogP contribution >= 0.6 is 0 Å². The third-order valence-electron chi connectivity index (χ3n) is 3.66. The quantitative estimate of drug-likeness (QED) is 0.734. The van der Waals surface area contributed by atoms with E-state index >= 15 is 0 Å². The van der Waals surface area contributed by atoms with Crippen LogP contribution in [0, 0.1) is 5.92 Å². The van der Waals surface area contributed by atoms with Crippen molar-refractivity contribution in [2.75, 3.05) is 0 Å². The van der Waals surface area contributed by atoms with Gasteiger partial charge in [0.25, 0.3) is 0 Å². The molecule has 116 valence electrons. The largest absolute Gasteiger partial charge is 0.444 e. The maximum atomic E-state index is 11.7. The molecule has 0 unspecified atom stereocenters. The average molecular weight is 281 g/mol. The lowest BCUT2D eigenvalue weighted by Crippen LogP contribution is -2.40. The second-order valence-corrected chi connectivity index (χ2v) is 6.86. The maximum absolute atomic E-state index is 11.7. The second kappa shape index (κ2) is 8.33. The van der Waals surface area contributed by atoms with Crippen LogP contribution in [0.5, 0.6) is 0 Å². The minimum Gasteiger partial charge on any atom is -0.444 e. The Bertz CT molecular complexity index is 309. The Labute approximate surface area is 124 Å². The van der Waals surface area contributed by atoms with Crippen molar-refractivity contribution < 1.29 is 9.53 Å². The van der Waals surface area contributed by atoms with E-state index in [0.29, 0.717) is 6.04 Å². The van der Waals surface area contributed by atoms with Gasteiger partial charge in [0, 0.05) is 6.04 Å². The van der Waals surface area contributed by atoms with Crippen LogP contribution in [-0.2, 0) is 4.74 Å². The van der Waals surface area contributed by atoms with Gasteiger partial charge in [-0.25, -0.2) is 4.79 Å². The van der Waals surface area contributed by atoms with Crippen LogP contribution in [0.3, 0.4) is 0 Å². The second-order valence-electron chi connectivity index (χ2n) is 6.86. The molecular weight excluding hydrogens is 250 g/mol. The van der Waals surface area contributed by atoms with Gasteiger partial charge in [-0.2, -0.15) is 0 Å². The molecule has 0 aromatic carbocycles. The molecule has 0 bridgehead atoms. The van der Waals surface area contributed by atoms with Crippen molar-refractivity contribution in [3.8, 4) is 0 Å². The summed E-state index contributed by atoms with van der Waals surface area (Å²) in [5.41, 5.74) is -0.411. The minimum atomic E-state index is -0.411. The van der Waals surface area contributed by atoms with E-state index in [1.807, 2.05) is 20.8 Å². The first-order valence-electron chi connectivity index (χ1n) is 8.05. The summed E-state index contributed by atoms with van der Waals surface area (Å²) >= 11 is 0. The maximum Gasteiger partial charge on any atom is 0.407 e. The Balaban J connectivity index is 2.20. The lowest BCUT2D eigenvalue weighted by molar-refractivity contribution is 0.0487. The van der Waals surface area contributed by atoms with Gasteiger partial charge in [-0.1, -0.05) is 25.5 Å². The van der Waals surface area contributed by atoms with Crippen molar-refractivity contribution in [3.63, 3.8) is 0 Å². The van der Waals surface area contributed by atoms with Crippen molar-refractivity contribution in [1.29, 1.82) is 0 Å². The number of ether oxygens (including phenoxy) is 1.